The maximum atomic E-state index is 11.6. The van der Waals surface area contributed by atoms with Crippen molar-refractivity contribution in [1.29, 1.82) is 0 Å². The molecule has 1 aromatic carbocycles. The molecule has 0 spiro atoms. The molecule has 0 saturated carbocycles. The molecule has 0 radical (unpaired) electrons. The van der Waals surface area contributed by atoms with Gasteiger partial charge in [0.1, 0.15) is 0 Å². The van der Waals surface area contributed by atoms with Gasteiger partial charge in [0, 0.05) is 7.05 Å². The van der Waals surface area contributed by atoms with Crippen molar-refractivity contribution in [2.45, 2.75) is 11.8 Å². The highest BCUT2D eigenvalue weighted by Crippen LogP contribution is 2.13. The zero-order valence-electron chi connectivity index (χ0n) is 8.39. The molecule has 0 heterocycles. The van der Waals surface area contributed by atoms with Crippen LogP contribution in [-0.4, -0.2) is 23.6 Å². The molecule has 78 valence electrons. The molecule has 5 heteroatoms. The Morgan fingerprint density at radius 2 is 2.00 bits per heavy atom. The first-order valence-corrected chi connectivity index (χ1v) is 5.16. The molecule has 0 aromatic heterocycles. The first-order valence-electron chi connectivity index (χ1n) is 4.09. The highest BCUT2D eigenvalue weighted by atomic mass is 32.2. The Bertz CT molecular complexity index is 330. The summed E-state index contributed by atoms with van der Waals surface area (Å²) in [6.07, 6.45) is 0. The van der Waals surface area contributed by atoms with Crippen LogP contribution >= 0.6 is 0 Å². The molecule has 0 amide bonds. The van der Waals surface area contributed by atoms with Crippen molar-refractivity contribution in [2.75, 3.05) is 14.2 Å². The average Bonchev–Trinajstić information content (AvgIpc) is 2.18. The summed E-state index contributed by atoms with van der Waals surface area (Å²) < 4.78 is 16.6. The number of benzene rings is 1. The van der Waals surface area contributed by atoms with Gasteiger partial charge < -0.3 is 0 Å². The maximum Gasteiger partial charge on any atom is 0.208 e. The van der Waals surface area contributed by atoms with E-state index in [9.17, 15) is 4.21 Å². The number of rotatable bonds is 4. The Kier molecular flexibility index (Phi) is 4.21. The second-order valence-corrected chi connectivity index (χ2v) is 3.76. The van der Waals surface area contributed by atoms with E-state index in [2.05, 4.69) is 0 Å². The number of aryl methyl sites for hydroxylation is 1. The lowest BCUT2D eigenvalue weighted by atomic mass is 10.2. The number of hydrogen-bond acceptors (Lipinski definition) is 4. The zero-order valence-corrected chi connectivity index (χ0v) is 9.21. The summed E-state index contributed by atoms with van der Waals surface area (Å²) in [4.78, 5) is 5.35. The number of hydrogen-bond donors (Lipinski definition) is 0. The lowest BCUT2D eigenvalue weighted by Gasteiger charge is -2.12. The van der Waals surface area contributed by atoms with Gasteiger partial charge in [0.05, 0.1) is 12.0 Å². The minimum absolute atomic E-state index is 0.649. The molecular weight excluding hydrogens is 202 g/mol. The fraction of sp³-hybridized carbons (Fsp3) is 0.333. The molecule has 14 heavy (non-hydrogen) atoms. The Morgan fingerprint density at radius 3 is 2.57 bits per heavy atom. The number of nitrogens with zero attached hydrogens (tertiary/aromatic N) is 1. The third kappa shape index (κ3) is 2.88. The molecule has 1 unspecified atom stereocenters. The second kappa shape index (κ2) is 5.21. The second-order valence-electron chi connectivity index (χ2n) is 2.70. The summed E-state index contributed by atoms with van der Waals surface area (Å²) in [6.45, 7) is 1.88. The van der Waals surface area contributed by atoms with E-state index in [4.69, 9.17) is 9.12 Å². The van der Waals surface area contributed by atoms with E-state index >= 15 is 0 Å². The molecule has 1 rings (SSSR count). The van der Waals surface area contributed by atoms with Gasteiger partial charge in [-0.25, -0.2) is 4.21 Å². The predicted molar refractivity (Wildman–Crippen MR) is 53.4 cm³/mol. The molecule has 4 nitrogen and oxygen atoms in total. The van der Waals surface area contributed by atoms with Crippen LogP contribution in [0.2, 0.25) is 0 Å². The van der Waals surface area contributed by atoms with Gasteiger partial charge in [-0.1, -0.05) is 23.4 Å². The van der Waals surface area contributed by atoms with Crippen molar-refractivity contribution in [3.63, 3.8) is 0 Å². The fourth-order valence-corrected chi connectivity index (χ4v) is 1.76. The first-order chi connectivity index (χ1) is 6.65. The van der Waals surface area contributed by atoms with E-state index in [0.717, 1.165) is 10.8 Å². The average molecular weight is 215 g/mol. The van der Waals surface area contributed by atoms with E-state index < -0.39 is 11.1 Å². The predicted octanol–water partition coefficient (Wildman–Crippen LogP) is 1.44. The molecule has 0 bridgehead atoms. The Labute approximate surface area is 86.0 Å². The summed E-state index contributed by atoms with van der Waals surface area (Å²) in [5.41, 5.74) is 0.926. The Morgan fingerprint density at radius 1 is 1.36 bits per heavy atom. The van der Waals surface area contributed by atoms with Crippen molar-refractivity contribution in [3.05, 3.63) is 29.8 Å². The normalized spacial score (nSPS) is 13.1. The van der Waals surface area contributed by atoms with E-state index in [1.807, 2.05) is 25.1 Å². The van der Waals surface area contributed by atoms with E-state index in [1.54, 1.807) is 6.07 Å². The largest absolute Gasteiger partial charge is 0.277 e. The van der Waals surface area contributed by atoms with Gasteiger partial charge in [0.25, 0.3) is 0 Å². The molecule has 1 aromatic rings. The Balaban J connectivity index is 2.75. The monoisotopic (exact) mass is 215 g/mol. The minimum Gasteiger partial charge on any atom is -0.277 e. The van der Waals surface area contributed by atoms with Crippen molar-refractivity contribution in [1.82, 2.24) is 5.23 Å². The lowest BCUT2D eigenvalue weighted by molar-refractivity contribution is -0.278. The van der Waals surface area contributed by atoms with E-state index in [0.29, 0.717) is 4.90 Å². The van der Waals surface area contributed by atoms with Crippen LogP contribution < -0.4 is 0 Å². The highest BCUT2D eigenvalue weighted by Gasteiger charge is 2.10. The van der Waals surface area contributed by atoms with Crippen molar-refractivity contribution in [2.24, 2.45) is 0 Å². The van der Waals surface area contributed by atoms with Crippen LogP contribution in [0, 0.1) is 6.92 Å². The fourth-order valence-electron chi connectivity index (χ4n) is 0.909. The van der Waals surface area contributed by atoms with Crippen LogP contribution in [0.4, 0.5) is 0 Å². The van der Waals surface area contributed by atoms with E-state index in [-0.39, 0.29) is 0 Å². The third-order valence-corrected chi connectivity index (χ3v) is 2.87. The maximum absolute atomic E-state index is 11.6. The molecule has 0 fully saturated rings. The van der Waals surface area contributed by atoms with Crippen LogP contribution in [-0.2, 0) is 20.2 Å². The van der Waals surface area contributed by atoms with Gasteiger partial charge in [-0.3, -0.25) is 4.84 Å². The van der Waals surface area contributed by atoms with Crippen molar-refractivity contribution >= 4 is 11.1 Å². The summed E-state index contributed by atoms with van der Waals surface area (Å²) in [7, 11) is 2.98. The highest BCUT2D eigenvalue weighted by molar-refractivity contribution is 7.80. The smallest absolute Gasteiger partial charge is 0.208 e. The van der Waals surface area contributed by atoms with Crippen LogP contribution in [0.25, 0.3) is 0 Å². The molecule has 0 saturated heterocycles. The minimum atomic E-state index is -1.52. The standard InChI is InChI=1S/C9H13NO3S/c1-8-6-4-5-7-9(8)14(11)13-10(2)12-3/h4-7H,1-3H3. The van der Waals surface area contributed by atoms with Crippen LogP contribution in [0.3, 0.4) is 0 Å². The third-order valence-electron chi connectivity index (χ3n) is 1.70. The SMILES string of the molecule is CON(C)OS(=O)c1ccccc1C. The molecule has 1 atom stereocenters. The van der Waals surface area contributed by atoms with Gasteiger partial charge in [0.2, 0.25) is 11.1 Å². The lowest BCUT2D eigenvalue weighted by Crippen LogP contribution is -2.19. The Hall–Kier alpha value is -0.750. The van der Waals surface area contributed by atoms with Gasteiger partial charge in [-0.2, -0.15) is 4.28 Å². The summed E-state index contributed by atoms with van der Waals surface area (Å²) in [5, 5.41) is 1.06. The van der Waals surface area contributed by atoms with E-state index in [1.165, 1.54) is 14.2 Å². The van der Waals surface area contributed by atoms with Gasteiger partial charge in [-0.05, 0) is 18.6 Å². The summed E-state index contributed by atoms with van der Waals surface area (Å²) in [6, 6.07) is 7.34. The number of hydroxylamine groups is 2. The molecule has 0 aliphatic rings. The molecular formula is C9H13NO3S. The zero-order chi connectivity index (χ0) is 10.6. The van der Waals surface area contributed by atoms with Gasteiger partial charge in [-0.15, -0.1) is 0 Å². The van der Waals surface area contributed by atoms with Crippen LogP contribution in [0.1, 0.15) is 5.56 Å². The topological polar surface area (TPSA) is 38.8 Å². The van der Waals surface area contributed by atoms with Crippen molar-refractivity contribution < 1.29 is 13.3 Å². The summed E-state index contributed by atoms with van der Waals surface area (Å²) >= 11 is -1.52. The molecule has 0 aliphatic heterocycles. The van der Waals surface area contributed by atoms with Crippen LogP contribution in [0.15, 0.2) is 29.2 Å². The molecule has 0 N–H and O–H groups in total. The molecule has 0 aliphatic carbocycles. The van der Waals surface area contributed by atoms with Gasteiger partial charge in [0.15, 0.2) is 0 Å². The first kappa shape index (κ1) is 11.3. The van der Waals surface area contributed by atoms with Gasteiger partial charge >= 0.3 is 0 Å². The summed E-state index contributed by atoms with van der Waals surface area (Å²) in [5.74, 6) is 0. The quantitative estimate of drug-likeness (QED) is 0.712. The van der Waals surface area contributed by atoms with Crippen molar-refractivity contribution in [3.8, 4) is 0 Å². The van der Waals surface area contributed by atoms with Crippen LogP contribution in [0.5, 0.6) is 0 Å².